The Kier molecular flexibility index (Phi) is 3.94. The quantitative estimate of drug-likeness (QED) is 0.588. The molecule has 1 aliphatic rings. The Morgan fingerprint density at radius 1 is 1.38 bits per heavy atom. The van der Waals surface area contributed by atoms with Gasteiger partial charge in [-0.15, -0.1) is 11.3 Å². The Morgan fingerprint density at radius 2 is 2.24 bits per heavy atom. The van der Waals surface area contributed by atoms with Crippen LogP contribution in [0.5, 0.6) is 0 Å². The van der Waals surface area contributed by atoms with Crippen molar-refractivity contribution in [2.45, 2.75) is 30.2 Å². The minimum Gasteiger partial charge on any atom is -0.323 e. The molecule has 0 radical (unpaired) electrons. The van der Waals surface area contributed by atoms with Gasteiger partial charge in [0.15, 0.2) is 0 Å². The zero-order chi connectivity index (χ0) is 14.9. The van der Waals surface area contributed by atoms with Crippen molar-refractivity contribution < 1.29 is 8.42 Å². The van der Waals surface area contributed by atoms with E-state index in [1.54, 1.807) is 11.3 Å². The molecule has 0 aliphatic heterocycles. The molecule has 0 saturated heterocycles. The average molecular weight is 324 g/mol. The number of fused-ring (bicyclic) bond motifs is 1. The molecule has 112 valence electrons. The topological polar surface area (TPSA) is 97.1 Å². The number of nitrogens with zero attached hydrogens (tertiary/aromatic N) is 1. The Morgan fingerprint density at radius 3 is 3.05 bits per heavy atom. The van der Waals surface area contributed by atoms with E-state index in [-0.39, 0.29) is 10.9 Å². The molecule has 0 saturated carbocycles. The molecule has 1 atom stereocenters. The number of anilines is 1. The van der Waals surface area contributed by atoms with Gasteiger partial charge in [0.2, 0.25) is 10.0 Å². The Bertz CT molecular complexity index is 742. The molecule has 3 rings (SSSR count). The second-order valence-corrected chi connectivity index (χ2v) is 7.56. The standard InChI is InChI=1S/C13H16N4O2S2/c14-16-11-4-6-15-8-13(11)21(18,19)17-10-2-1-3-12-9(10)5-7-20-12/h4-8,10,17H,1-3,14H2,(H,15,16). The molecule has 21 heavy (non-hydrogen) atoms. The average Bonchev–Trinajstić information content (AvgIpc) is 2.96. The fourth-order valence-electron chi connectivity index (χ4n) is 2.57. The lowest BCUT2D eigenvalue weighted by Crippen LogP contribution is -2.31. The zero-order valence-electron chi connectivity index (χ0n) is 11.2. The van der Waals surface area contributed by atoms with Gasteiger partial charge in [-0.25, -0.2) is 13.1 Å². The minimum atomic E-state index is -3.67. The largest absolute Gasteiger partial charge is 0.323 e. The number of aryl methyl sites for hydroxylation is 1. The summed E-state index contributed by atoms with van der Waals surface area (Å²) in [5.41, 5.74) is 3.81. The van der Waals surface area contributed by atoms with E-state index in [1.165, 1.54) is 23.3 Å². The minimum absolute atomic E-state index is 0.0647. The van der Waals surface area contributed by atoms with Crippen LogP contribution in [0.15, 0.2) is 34.8 Å². The molecule has 2 aromatic rings. The number of hydrazine groups is 1. The van der Waals surface area contributed by atoms with Gasteiger partial charge in [0.1, 0.15) is 4.90 Å². The third-order valence-corrected chi connectivity index (χ3v) is 6.07. The van der Waals surface area contributed by atoms with Gasteiger partial charge < -0.3 is 5.43 Å². The molecular weight excluding hydrogens is 308 g/mol. The van der Waals surface area contributed by atoms with Crippen LogP contribution in [-0.4, -0.2) is 13.4 Å². The third kappa shape index (κ3) is 2.80. The van der Waals surface area contributed by atoms with Crippen LogP contribution in [0.3, 0.4) is 0 Å². The summed E-state index contributed by atoms with van der Waals surface area (Å²) in [6.07, 6.45) is 5.60. The number of hydrogen-bond donors (Lipinski definition) is 3. The summed E-state index contributed by atoms with van der Waals surface area (Å²) in [6.45, 7) is 0. The van der Waals surface area contributed by atoms with E-state index in [4.69, 9.17) is 5.84 Å². The lowest BCUT2D eigenvalue weighted by Gasteiger charge is -2.24. The summed E-state index contributed by atoms with van der Waals surface area (Å²) in [5.74, 6) is 5.37. The summed E-state index contributed by atoms with van der Waals surface area (Å²) in [5, 5.41) is 2.01. The number of sulfonamides is 1. The third-order valence-electron chi connectivity index (χ3n) is 3.58. The molecule has 4 N–H and O–H groups in total. The Hall–Kier alpha value is -1.48. The highest BCUT2D eigenvalue weighted by molar-refractivity contribution is 7.89. The number of aromatic nitrogens is 1. The van der Waals surface area contributed by atoms with Gasteiger partial charge in [-0.1, -0.05) is 0 Å². The number of pyridine rings is 1. The maximum Gasteiger partial charge on any atom is 0.244 e. The van der Waals surface area contributed by atoms with Gasteiger partial charge >= 0.3 is 0 Å². The van der Waals surface area contributed by atoms with Gasteiger partial charge in [-0.2, -0.15) is 0 Å². The molecule has 0 aromatic carbocycles. The van der Waals surface area contributed by atoms with E-state index in [0.29, 0.717) is 5.69 Å². The first-order chi connectivity index (χ1) is 10.1. The Labute approximate surface area is 127 Å². The number of nitrogens with one attached hydrogen (secondary N) is 2. The van der Waals surface area contributed by atoms with Crippen molar-refractivity contribution in [1.82, 2.24) is 9.71 Å². The van der Waals surface area contributed by atoms with Crippen LogP contribution >= 0.6 is 11.3 Å². The van der Waals surface area contributed by atoms with Crippen molar-refractivity contribution in [1.29, 1.82) is 0 Å². The summed E-state index contributed by atoms with van der Waals surface area (Å²) in [6, 6.07) is 3.35. The SMILES string of the molecule is NNc1ccncc1S(=O)(=O)NC1CCCc2sccc21. The molecule has 1 unspecified atom stereocenters. The highest BCUT2D eigenvalue weighted by Gasteiger charge is 2.27. The van der Waals surface area contributed by atoms with E-state index in [0.717, 1.165) is 24.8 Å². The second-order valence-electron chi connectivity index (χ2n) is 4.88. The highest BCUT2D eigenvalue weighted by atomic mass is 32.2. The lowest BCUT2D eigenvalue weighted by molar-refractivity contribution is 0.511. The molecule has 0 bridgehead atoms. The van der Waals surface area contributed by atoms with E-state index in [1.807, 2.05) is 11.4 Å². The number of hydrogen-bond acceptors (Lipinski definition) is 6. The second kappa shape index (κ2) is 5.72. The van der Waals surface area contributed by atoms with Crippen LogP contribution in [-0.2, 0) is 16.4 Å². The fraction of sp³-hybridized carbons (Fsp3) is 0.308. The van der Waals surface area contributed by atoms with Crippen LogP contribution in [0.4, 0.5) is 5.69 Å². The molecule has 1 aliphatic carbocycles. The normalized spacial score (nSPS) is 18.2. The van der Waals surface area contributed by atoms with Crippen LogP contribution in [0.25, 0.3) is 0 Å². The van der Waals surface area contributed by atoms with Gasteiger partial charge in [0.25, 0.3) is 0 Å². The molecule has 2 aromatic heterocycles. The van der Waals surface area contributed by atoms with Crippen molar-refractivity contribution in [3.8, 4) is 0 Å². The van der Waals surface area contributed by atoms with E-state index >= 15 is 0 Å². The molecule has 0 spiro atoms. The molecule has 0 amide bonds. The molecule has 2 heterocycles. The first-order valence-electron chi connectivity index (χ1n) is 6.61. The van der Waals surface area contributed by atoms with Crippen molar-refractivity contribution in [2.75, 3.05) is 5.43 Å². The predicted molar refractivity (Wildman–Crippen MR) is 82.4 cm³/mol. The maximum atomic E-state index is 12.6. The number of rotatable bonds is 4. The first-order valence-corrected chi connectivity index (χ1v) is 8.97. The van der Waals surface area contributed by atoms with Gasteiger partial charge in [0.05, 0.1) is 5.69 Å². The molecule has 6 nitrogen and oxygen atoms in total. The van der Waals surface area contributed by atoms with Crippen molar-refractivity contribution in [2.24, 2.45) is 5.84 Å². The number of nitrogen functional groups attached to an aromatic ring is 1. The van der Waals surface area contributed by atoms with Crippen molar-refractivity contribution in [3.63, 3.8) is 0 Å². The fourth-order valence-corrected chi connectivity index (χ4v) is 4.92. The number of nitrogens with two attached hydrogens (primary N) is 1. The summed E-state index contributed by atoms with van der Waals surface area (Å²) in [4.78, 5) is 5.20. The van der Waals surface area contributed by atoms with E-state index in [2.05, 4.69) is 15.1 Å². The molecule has 0 fully saturated rings. The van der Waals surface area contributed by atoms with Gasteiger partial charge in [-0.05, 0) is 42.3 Å². The monoisotopic (exact) mass is 324 g/mol. The zero-order valence-corrected chi connectivity index (χ0v) is 12.9. The van der Waals surface area contributed by atoms with Crippen LogP contribution < -0.4 is 16.0 Å². The molecular formula is C13H16N4O2S2. The van der Waals surface area contributed by atoms with E-state index in [9.17, 15) is 8.42 Å². The summed E-state index contributed by atoms with van der Waals surface area (Å²) in [7, 11) is -3.67. The lowest BCUT2D eigenvalue weighted by atomic mass is 9.95. The Balaban J connectivity index is 1.91. The summed E-state index contributed by atoms with van der Waals surface area (Å²) >= 11 is 1.68. The van der Waals surface area contributed by atoms with Crippen molar-refractivity contribution in [3.05, 3.63) is 40.3 Å². The number of thiophene rings is 1. The van der Waals surface area contributed by atoms with Crippen LogP contribution in [0.2, 0.25) is 0 Å². The maximum absolute atomic E-state index is 12.6. The van der Waals surface area contributed by atoms with Crippen LogP contribution in [0.1, 0.15) is 29.3 Å². The smallest absolute Gasteiger partial charge is 0.244 e. The highest BCUT2D eigenvalue weighted by Crippen LogP contribution is 2.34. The predicted octanol–water partition coefficient (Wildman–Crippen LogP) is 1.78. The molecule has 8 heteroatoms. The van der Waals surface area contributed by atoms with E-state index < -0.39 is 10.0 Å². The van der Waals surface area contributed by atoms with Gasteiger partial charge in [0, 0.05) is 23.3 Å². The summed E-state index contributed by atoms with van der Waals surface area (Å²) < 4.78 is 27.9. The van der Waals surface area contributed by atoms with Crippen LogP contribution in [0, 0.1) is 0 Å². The van der Waals surface area contributed by atoms with Gasteiger partial charge in [-0.3, -0.25) is 10.8 Å². The first kappa shape index (κ1) is 14.5. The van der Waals surface area contributed by atoms with Crippen molar-refractivity contribution >= 4 is 27.0 Å².